The van der Waals surface area contributed by atoms with Gasteiger partial charge in [0.25, 0.3) is 0 Å². The van der Waals surface area contributed by atoms with Crippen LogP contribution in [0.25, 0.3) is 0 Å². The molecule has 1 aromatic carbocycles. The first-order valence-electron chi connectivity index (χ1n) is 11.6. The topological polar surface area (TPSA) is 44.8 Å². The first-order chi connectivity index (χ1) is 14.1. The largest absolute Gasteiger partial charge is 0.480 e. The second-order valence-corrected chi connectivity index (χ2v) is 7.01. The summed E-state index contributed by atoms with van der Waals surface area (Å²) in [5.41, 5.74) is 0.510. The van der Waals surface area contributed by atoms with Gasteiger partial charge in [0.15, 0.2) is 18.2 Å². The number of rotatable bonds is 11. The second-order valence-electron chi connectivity index (χ2n) is 7.01. The Kier molecular flexibility index (Phi) is 16.6. The fourth-order valence-electron chi connectivity index (χ4n) is 2.88. The minimum absolute atomic E-state index is 0.0216. The molecule has 2 unspecified atom stereocenters. The molecule has 4 nitrogen and oxygen atoms in total. The molecule has 29 heavy (non-hydrogen) atoms. The lowest BCUT2D eigenvalue weighted by Crippen LogP contribution is -2.33. The van der Waals surface area contributed by atoms with E-state index in [1.54, 1.807) is 0 Å². The molecule has 0 amide bonds. The number of aldehydes is 1. The highest BCUT2D eigenvalue weighted by atomic mass is 16.7. The van der Waals surface area contributed by atoms with E-state index in [0.29, 0.717) is 6.42 Å². The van der Waals surface area contributed by atoms with Crippen LogP contribution in [0.3, 0.4) is 0 Å². The normalized spacial score (nSPS) is 17.7. The van der Waals surface area contributed by atoms with Crippen LogP contribution in [0.4, 0.5) is 0 Å². The predicted molar refractivity (Wildman–Crippen MR) is 122 cm³/mol. The number of hydrogen-bond donors (Lipinski definition) is 0. The van der Waals surface area contributed by atoms with Gasteiger partial charge in [0.05, 0.1) is 0 Å². The number of carbonyl (C=O) groups is 1. The maximum Gasteiger partial charge on any atom is 0.163 e. The molecule has 0 radical (unpaired) electrons. The summed E-state index contributed by atoms with van der Waals surface area (Å²) < 4.78 is 17.2. The Balaban J connectivity index is 0.00000184. The lowest BCUT2D eigenvalue weighted by atomic mass is 10.0. The van der Waals surface area contributed by atoms with E-state index in [4.69, 9.17) is 14.2 Å². The minimum atomic E-state index is -0.739. The van der Waals surface area contributed by atoms with Gasteiger partial charge in [-0.2, -0.15) is 0 Å². The molecule has 4 heteroatoms. The molecular formula is C25H44O4. The monoisotopic (exact) mass is 408 g/mol. The zero-order valence-corrected chi connectivity index (χ0v) is 19.7. The number of ether oxygens (including phenoxy) is 3. The van der Waals surface area contributed by atoms with Crippen LogP contribution < -0.4 is 4.74 Å². The molecule has 0 bridgehead atoms. The van der Waals surface area contributed by atoms with E-state index in [-0.39, 0.29) is 6.29 Å². The van der Waals surface area contributed by atoms with Crippen LogP contribution in [-0.2, 0) is 20.7 Å². The summed E-state index contributed by atoms with van der Waals surface area (Å²) in [5, 5.41) is 0. The Bertz CT molecular complexity index is 511. The summed E-state index contributed by atoms with van der Waals surface area (Å²) in [7, 11) is 0. The van der Waals surface area contributed by atoms with Gasteiger partial charge in [-0.3, -0.25) is 4.79 Å². The predicted octanol–water partition coefficient (Wildman–Crippen LogP) is 6.74. The highest BCUT2D eigenvalue weighted by Crippen LogP contribution is 2.22. The van der Waals surface area contributed by atoms with Crippen molar-refractivity contribution in [1.82, 2.24) is 0 Å². The van der Waals surface area contributed by atoms with Gasteiger partial charge in [-0.05, 0) is 69.6 Å². The zero-order valence-electron chi connectivity index (χ0n) is 19.7. The Morgan fingerprint density at radius 1 is 1.14 bits per heavy atom. The fourth-order valence-corrected chi connectivity index (χ4v) is 2.88. The third-order valence-electron chi connectivity index (χ3n) is 4.75. The van der Waals surface area contributed by atoms with Crippen LogP contribution in [0.1, 0.15) is 92.1 Å². The van der Waals surface area contributed by atoms with E-state index in [2.05, 4.69) is 6.07 Å². The quantitative estimate of drug-likeness (QED) is 0.300. The van der Waals surface area contributed by atoms with Gasteiger partial charge in [-0.25, -0.2) is 0 Å². The Morgan fingerprint density at radius 2 is 1.90 bits per heavy atom. The van der Waals surface area contributed by atoms with Crippen molar-refractivity contribution in [3.63, 3.8) is 0 Å². The number of benzene rings is 1. The molecule has 1 aromatic rings. The Hall–Kier alpha value is -1.39. The number of aryl methyl sites for hydroxylation is 1. The number of hydrogen-bond acceptors (Lipinski definition) is 4. The van der Waals surface area contributed by atoms with Gasteiger partial charge in [-0.1, -0.05) is 53.2 Å². The zero-order chi connectivity index (χ0) is 22.0. The van der Waals surface area contributed by atoms with Crippen molar-refractivity contribution in [2.45, 2.75) is 105 Å². The fraction of sp³-hybridized carbons (Fsp3) is 0.720. The highest BCUT2D eigenvalue weighted by molar-refractivity contribution is 5.62. The van der Waals surface area contributed by atoms with Crippen molar-refractivity contribution in [1.29, 1.82) is 0 Å². The van der Waals surface area contributed by atoms with E-state index in [9.17, 15) is 4.79 Å². The maximum absolute atomic E-state index is 11.2. The summed E-state index contributed by atoms with van der Waals surface area (Å²) in [6.45, 7) is 13.4. The molecule has 0 saturated carbocycles. The van der Waals surface area contributed by atoms with Gasteiger partial charge in [0.1, 0.15) is 5.75 Å². The lowest BCUT2D eigenvalue weighted by Gasteiger charge is -2.23. The molecule has 0 spiro atoms. The smallest absolute Gasteiger partial charge is 0.163 e. The van der Waals surface area contributed by atoms with Crippen LogP contribution in [-0.4, -0.2) is 31.4 Å². The SMILES string of the molecule is CC.CC.CCC(C)(C=O)Oc1cccc(CCCCCOC2CCCCO2)c1. The standard InChI is InChI=1S/C21H32O4.2C2H6/c1-3-21(2,17-22)25-19-12-9-11-18(16-19)10-5-4-7-14-23-20-13-6-8-15-24-20;2*1-2/h9,11-12,16-17,20H,3-8,10,13-15H2,1-2H3;2*1-2H3. The lowest BCUT2D eigenvalue weighted by molar-refractivity contribution is -0.162. The van der Waals surface area contributed by atoms with Gasteiger partial charge >= 0.3 is 0 Å². The van der Waals surface area contributed by atoms with E-state index in [1.165, 1.54) is 12.0 Å². The van der Waals surface area contributed by atoms with Gasteiger partial charge < -0.3 is 14.2 Å². The summed E-state index contributed by atoms with van der Waals surface area (Å²) in [5.74, 6) is 0.770. The van der Waals surface area contributed by atoms with Gasteiger partial charge in [-0.15, -0.1) is 0 Å². The van der Waals surface area contributed by atoms with Gasteiger partial charge in [0.2, 0.25) is 0 Å². The first-order valence-corrected chi connectivity index (χ1v) is 11.6. The van der Waals surface area contributed by atoms with Crippen molar-refractivity contribution in [3.05, 3.63) is 29.8 Å². The van der Waals surface area contributed by atoms with E-state index >= 15 is 0 Å². The molecule has 2 atom stereocenters. The number of unbranched alkanes of at least 4 members (excludes halogenated alkanes) is 2. The average molecular weight is 409 g/mol. The molecule has 0 aromatic heterocycles. The summed E-state index contributed by atoms with van der Waals surface area (Å²) in [4.78, 5) is 11.2. The summed E-state index contributed by atoms with van der Waals surface area (Å²) >= 11 is 0. The Labute approximate surface area is 179 Å². The second kappa shape index (κ2) is 17.5. The van der Waals surface area contributed by atoms with Crippen LogP contribution in [0, 0.1) is 0 Å². The molecular weight excluding hydrogens is 364 g/mol. The van der Waals surface area contributed by atoms with E-state index < -0.39 is 5.60 Å². The van der Waals surface area contributed by atoms with Crippen molar-refractivity contribution in [3.8, 4) is 5.75 Å². The molecule has 1 saturated heterocycles. The summed E-state index contributed by atoms with van der Waals surface area (Å²) in [6, 6.07) is 8.07. The summed E-state index contributed by atoms with van der Waals surface area (Å²) in [6.07, 6.45) is 9.31. The maximum atomic E-state index is 11.2. The van der Waals surface area contributed by atoms with Crippen molar-refractivity contribution < 1.29 is 19.0 Å². The van der Waals surface area contributed by atoms with Crippen LogP contribution in [0.2, 0.25) is 0 Å². The van der Waals surface area contributed by atoms with Crippen molar-refractivity contribution >= 4 is 6.29 Å². The first kappa shape index (κ1) is 27.6. The van der Waals surface area contributed by atoms with Crippen LogP contribution in [0.15, 0.2) is 24.3 Å². The van der Waals surface area contributed by atoms with Crippen molar-refractivity contribution in [2.24, 2.45) is 0 Å². The average Bonchev–Trinajstić information content (AvgIpc) is 2.79. The molecule has 1 aliphatic heterocycles. The van der Waals surface area contributed by atoms with Crippen LogP contribution in [0.5, 0.6) is 5.75 Å². The van der Waals surface area contributed by atoms with E-state index in [1.807, 2.05) is 59.7 Å². The minimum Gasteiger partial charge on any atom is -0.480 e. The Morgan fingerprint density at radius 3 is 2.52 bits per heavy atom. The third kappa shape index (κ3) is 12.0. The van der Waals surface area contributed by atoms with Crippen molar-refractivity contribution in [2.75, 3.05) is 13.2 Å². The van der Waals surface area contributed by atoms with Crippen LogP contribution >= 0.6 is 0 Å². The molecule has 0 N–H and O–H groups in total. The number of carbonyl (C=O) groups excluding carboxylic acids is 1. The molecule has 1 fully saturated rings. The molecule has 2 rings (SSSR count). The third-order valence-corrected chi connectivity index (χ3v) is 4.75. The molecule has 168 valence electrons. The molecule has 1 aliphatic rings. The van der Waals surface area contributed by atoms with Gasteiger partial charge in [0, 0.05) is 13.2 Å². The molecule has 1 heterocycles. The van der Waals surface area contributed by atoms with E-state index in [0.717, 1.165) is 63.8 Å². The highest BCUT2D eigenvalue weighted by Gasteiger charge is 2.23. The molecule has 0 aliphatic carbocycles.